The molecule has 0 saturated carbocycles. The van der Waals surface area contributed by atoms with Gasteiger partial charge < -0.3 is 10.6 Å². The number of nitrogens with one attached hydrogen (secondary N) is 2. The Morgan fingerprint density at radius 1 is 1.22 bits per heavy atom. The molecule has 0 spiro atoms. The molecule has 0 radical (unpaired) electrons. The SMILES string of the molecule is CCN(CC)S(=O)(=O)c1ccc(CCC(=O)NC2CNCCC2C)cc1.Cl. The fourth-order valence-corrected chi connectivity index (χ4v) is 4.72. The lowest BCUT2D eigenvalue weighted by Crippen LogP contribution is -2.50. The Bertz CT molecular complexity index is 691. The van der Waals surface area contributed by atoms with Gasteiger partial charge in [-0.15, -0.1) is 12.4 Å². The van der Waals surface area contributed by atoms with Gasteiger partial charge in [-0.1, -0.05) is 32.9 Å². The van der Waals surface area contributed by atoms with E-state index in [1.54, 1.807) is 24.3 Å². The zero-order chi connectivity index (χ0) is 19.2. The molecule has 2 rings (SSSR count). The molecule has 1 heterocycles. The molecule has 0 bridgehead atoms. The summed E-state index contributed by atoms with van der Waals surface area (Å²) in [5.41, 5.74) is 0.966. The zero-order valence-corrected chi connectivity index (χ0v) is 18.0. The molecular weight excluding hydrogens is 386 g/mol. The first-order valence-electron chi connectivity index (χ1n) is 9.47. The number of aryl methyl sites for hydroxylation is 1. The molecule has 2 atom stereocenters. The van der Waals surface area contributed by atoms with Crippen LogP contribution in [0.5, 0.6) is 0 Å². The second kappa shape index (κ2) is 11.0. The number of piperidine rings is 1. The maximum atomic E-state index is 12.5. The lowest BCUT2D eigenvalue weighted by atomic mass is 9.94. The average molecular weight is 418 g/mol. The predicted molar refractivity (Wildman–Crippen MR) is 111 cm³/mol. The predicted octanol–water partition coefficient (Wildman–Crippen LogP) is 2.19. The third-order valence-corrected chi connectivity index (χ3v) is 7.15. The van der Waals surface area contributed by atoms with E-state index >= 15 is 0 Å². The molecular formula is C19H32ClN3O3S. The molecule has 1 aliphatic heterocycles. The number of amides is 1. The molecule has 1 amide bonds. The zero-order valence-electron chi connectivity index (χ0n) is 16.4. The van der Waals surface area contributed by atoms with E-state index < -0.39 is 10.0 Å². The number of sulfonamides is 1. The Morgan fingerprint density at radius 3 is 2.41 bits per heavy atom. The first-order chi connectivity index (χ1) is 12.4. The second-order valence-corrected chi connectivity index (χ2v) is 8.82. The van der Waals surface area contributed by atoms with Gasteiger partial charge in [0.1, 0.15) is 0 Å². The quantitative estimate of drug-likeness (QED) is 0.679. The van der Waals surface area contributed by atoms with E-state index in [-0.39, 0.29) is 24.4 Å². The van der Waals surface area contributed by atoms with Crippen LogP contribution in [0.4, 0.5) is 0 Å². The van der Waals surface area contributed by atoms with Crippen molar-refractivity contribution >= 4 is 28.3 Å². The highest BCUT2D eigenvalue weighted by Gasteiger charge is 2.23. The van der Waals surface area contributed by atoms with Gasteiger partial charge in [0.25, 0.3) is 0 Å². The van der Waals surface area contributed by atoms with E-state index in [4.69, 9.17) is 0 Å². The molecule has 0 aromatic heterocycles. The Kier molecular flexibility index (Phi) is 9.73. The highest BCUT2D eigenvalue weighted by atomic mass is 35.5. The molecule has 27 heavy (non-hydrogen) atoms. The Labute approximate surface area is 169 Å². The summed E-state index contributed by atoms with van der Waals surface area (Å²) in [5, 5.41) is 6.41. The van der Waals surface area contributed by atoms with Crippen molar-refractivity contribution in [1.82, 2.24) is 14.9 Å². The lowest BCUT2D eigenvalue weighted by Gasteiger charge is -2.30. The summed E-state index contributed by atoms with van der Waals surface area (Å²) in [6.07, 6.45) is 2.09. The van der Waals surface area contributed by atoms with Crippen molar-refractivity contribution in [3.8, 4) is 0 Å². The van der Waals surface area contributed by atoms with E-state index in [2.05, 4.69) is 17.6 Å². The van der Waals surface area contributed by atoms with Crippen LogP contribution >= 0.6 is 12.4 Å². The van der Waals surface area contributed by atoms with Gasteiger partial charge in [-0.2, -0.15) is 4.31 Å². The number of carbonyl (C=O) groups is 1. The van der Waals surface area contributed by atoms with Gasteiger partial charge in [0, 0.05) is 32.1 Å². The highest BCUT2D eigenvalue weighted by Crippen LogP contribution is 2.17. The van der Waals surface area contributed by atoms with E-state index in [1.165, 1.54) is 4.31 Å². The number of hydrogen-bond donors (Lipinski definition) is 2. The van der Waals surface area contributed by atoms with Gasteiger partial charge in [0.05, 0.1) is 4.90 Å². The lowest BCUT2D eigenvalue weighted by molar-refractivity contribution is -0.122. The smallest absolute Gasteiger partial charge is 0.243 e. The summed E-state index contributed by atoms with van der Waals surface area (Å²) in [6.45, 7) is 8.57. The molecule has 0 aliphatic carbocycles. The largest absolute Gasteiger partial charge is 0.352 e. The minimum atomic E-state index is -3.43. The first-order valence-corrected chi connectivity index (χ1v) is 10.9. The van der Waals surface area contributed by atoms with E-state index in [0.29, 0.717) is 36.7 Å². The number of benzene rings is 1. The second-order valence-electron chi connectivity index (χ2n) is 6.88. The van der Waals surface area contributed by atoms with Gasteiger partial charge >= 0.3 is 0 Å². The van der Waals surface area contributed by atoms with Crippen molar-refractivity contribution in [1.29, 1.82) is 0 Å². The topological polar surface area (TPSA) is 78.5 Å². The Morgan fingerprint density at radius 2 is 1.85 bits per heavy atom. The summed E-state index contributed by atoms with van der Waals surface area (Å²) in [7, 11) is -3.43. The maximum Gasteiger partial charge on any atom is 0.243 e. The minimum Gasteiger partial charge on any atom is -0.352 e. The highest BCUT2D eigenvalue weighted by molar-refractivity contribution is 7.89. The monoisotopic (exact) mass is 417 g/mol. The summed E-state index contributed by atoms with van der Waals surface area (Å²) in [4.78, 5) is 12.5. The van der Waals surface area contributed by atoms with Crippen molar-refractivity contribution in [2.24, 2.45) is 5.92 Å². The van der Waals surface area contributed by atoms with Crippen molar-refractivity contribution in [2.45, 2.75) is 51.0 Å². The third-order valence-electron chi connectivity index (χ3n) is 5.08. The van der Waals surface area contributed by atoms with Crippen LogP contribution in [0.15, 0.2) is 29.2 Å². The molecule has 1 aromatic rings. The van der Waals surface area contributed by atoms with Gasteiger partial charge in [0.15, 0.2) is 0 Å². The summed E-state index contributed by atoms with van der Waals surface area (Å²) in [5.74, 6) is 0.537. The molecule has 154 valence electrons. The van der Waals surface area contributed by atoms with Crippen molar-refractivity contribution in [2.75, 3.05) is 26.2 Å². The molecule has 6 nitrogen and oxygen atoms in total. The van der Waals surface area contributed by atoms with Crippen LogP contribution in [0.3, 0.4) is 0 Å². The maximum absolute atomic E-state index is 12.5. The van der Waals surface area contributed by atoms with Crippen LogP contribution in [0, 0.1) is 5.92 Å². The number of halogens is 1. The van der Waals surface area contributed by atoms with E-state index in [9.17, 15) is 13.2 Å². The molecule has 8 heteroatoms. The van der Waals surface area contributed by atoms with Gasteiger partial charge in [-0.3, -0.25) is 4.79 Å². The normalized spacial score (nSPS) is 20.1. The van der Waals surface area contributed by atoms with Gasteiger partial charge in [-0.25, -0.2) is 8.42 Å². The van der Waals surface area contributed by atoms with Crippen LogP contribution in [0.1, 0.15) is 39.2 Å². The third kappa shape index (κ3) is 6.45. The Balaban J connectivity index is 0.00000364. The Hall–Kier alpha value is -1.15. The first kappa shape index (κ1) is 23.9. The number of hydrogen-bond acceptors (Lipinski definition) is 4. The summed E-state index contributed by atoms with van der Waals surface area (Å²) < 4.78 is 26.4. The van der Waals surface area contributed by atoms with Crippen molar-refractivity contribution in [3.63, 3.8) is 0 Å². The molecule has 2 N–H and O–H groups in total. The van der Waals surface area contributed by atoms with Crippen molar-refractivity contribution < 1.29 is 13.2 Å². The molecule has 1 fully saturated rings. The molecule has 1 aromatic carbocycles. The molecule has 1 saturated heterocycles. The molecule has 2 unspecified atom stereocenters. The van der Waals surface area contributed by atoms with Crippen LogP contribution < -0.4 is 10.6 Å². The van der Waals surface area contributed by atoms with Crippen LogP contribution in [-0.4, -0.2) is 50.9 Å². The summed E-state index contributed by atoms with van der Waals surface area (Å²) >= 11 is 0. The average Bonchev–Trinajstić information content (AvgIpc) is 2.63. The number of nitrogens with zero attached hydrogens (tertiary/aromatic N) is 1. The standard InChI is InChI=1S/C19H31N3O3S.ClH/c1-4-22(5-2)26(24,25)17-9-6-16(7-10-17)8-11-19(23)21-18-14-20-13-12-15(18)3;/h6-7,9-10,15,18,20H,4-5,8,11-14H2,1-3H3,(H,21,23);1H. The van der Waals surface area contributed by atoms with Gasteiger partial charge in [-0.05, 0) is 43.0 Å². The van der Waals surface area contributed by atoms with E-state index in [0.717, 1.165) is 25.1 Å². The number of rotatable bonds is 8. The van der Waals surface area contributed by atoms with Crippen LogP contribution in [0.25, 0.3) is 0 Å². The fraction of sp³-hybridized carbons (Fsp3) is 0.632. The minimum absolute atomic E-state index is 0. The molecule has 1 aliphatic rings. The van der Waals surface area contributed by atoms with Crippen LogP contribution in [-0.2, 0) is 21.2 Å². The van der Waals surface area contributed by atoms with Crippen molar-refractivity contribution in [3.05, 3.63) is 29.8 Å². The summed E-state index contributed by atoms with van der Waals surface area (Å²) in [6, 6.07) is 7.06. The van der Waals surface area contributed by atoms with E-state index in [1.807, 2.05) is 13.8 Å². The fourth-order valence-electron chi connectivity index (χ4n) is 3.26. The number of carbonyl (C=O) groups excluding carboxylic acids is 1. The van der Waals surface area contributed by atoms with Gasteiger partial charge in [0.2, 0.25) is 15.9 Å². The van der Waals surface area contributed by atoms with Crippen LogP contribution in [0.2, 0.25) is 0 Å².